The topological polar surface area (TPSA) is 69.6 Å². The second kappa shape index (κ2) is 9.61. The molecule has 1 unspecified atom stereocenters. The van der Waals surface area contributed by atoms with Gasteiger partial charge in [0.05, 0.1) is 5.92 Å². The van der Waals surface area contributed by atoms with Crippen molar-refractivity contribution < 1.29 is 14.7 Å². The number of nitrogens with one attached hydrogen (secondary N) is 1. The molecule has 26 heavy (non-hydrogen) atoms. The third-order valence-corrected chi connectivity index (χ3v) is 4.43. The van der Waals surface area contributed by atoms with E-state index in [0.717, 1.165) is 6.42 Å². The third kappa shape index (κ3) is 5.62. The Hall–Kier alpha value is -2.82. The number of urea groups is 1. The van der Waals surface area contributed by atoms with Crippen LogP contribution in [-0.4, -0.2) is 42.1 Å². The molecule has 0 aliphatic rings. The van der Waals surface area contributed by atoms with E-state index in [0.29, 0.717) is 6.54 Å². The molecule has 0 saturated heterocycles. The molecule has 0 aromatic heterocycles. The Labute approximate surface area is 154 Å². The number of benzene rings is 2. The van der Waals surface area contributed by atoms with Gasteiger partial charge in [0.1, 0.15) is 0 Å². The minimum absolute atomic E-state index is 0.183. The number of hydrogen-bond acceptors (Lipinski definition) is 2. The zero-order valence-electron chi connectivity index (χ0n) is 15.3. The van der Waals surface area contributed by atoms with Gasteiger partial charge >= 0.3 is 12.0 Å². The van der Waals surface area contributed by atoms with Crippen molar-refractivity contribution in [2.75, 3.05) is 20.1 Å². The molecule has 0 saturated carbocycles. The van der Waals surface area contributed by atoms with Crippen LogP contribution in [0.4, 0.5) is 4.79 Å². The Morgan fingerprint density at radius 2 is 1.50 bits per heavy atom. The van der Waals surface area contributed by atoms with Crippen molar-refractivity contribution in [3.8, 4) is 0 Å². The molecule has 2 amide bonds. The predicted octanol–water partition coefficient (Wildman–Crippen LogP) is 3.57. The molecule has 2 N–H and O–H groups in total. The van der Waals surface area contributed by atoms with Crippen molar-refractivity contribution in [3.63, 3.8) is 0 Å². The fourth-order valence-electron chi connectivity index (χ4n) is 2.93. The van der Waals surface area contributed by atoms with Crippen LogP contribution in [0.25, 0.3) is 0 Å². The molecule has 5 nitrogen and oxygen atoms in total. The Morgan fingerprint density at radius 3 is 1.96 bits per heavy atom. The first-order chi connectivity index (χ1) is 12.5. The lowest BCUT2D eigenvalue weighted by atomic mass is 9.88. The summed E-state index contributed by atoms with van der Waals surface area (Å²) in [5, 5.41) is 11.8. The highest BCUT2D eigenvalue weighted by Crippen LogP contribution is 2.27. The van der Waals surface area contributed by atoms with E-state index < -0.39 is 11.9 Å². The van der Waals surface area contributed by atoms with Crippen LogP contribution in [-0.2, 0) is 4.79 Å². The Morgan fingerprint density at radius 1 is 1.00 bits per heavy atom. The summed E-state index contributed by atoms with van der Waals surface area (Å²) in [6.07, 6.45) is 0.766. The van der Waals surface area contributed by atoms with E-state index in [9.17, 15) is 9.59 Å². The van der Waals surface area contributed by atoms with Gasteiger partial charge in [0.15, 0.2) is 0 Å². The monoisotopic (exact) mass is 354 g/mol. The molecule has 0 aliphatic heterocycles. The Bertz CT molecular complexity index is 664. The molecule has 2 aromatic rings. The van der Waals surface area contributed by atoms with Crippen LogP contribution in [0.1, 0.15) is 30.4 Å². The van der Waals surface area contributed by atoms with Crippen LogP contribution in [0.3, 0.4) is 0 Å². The number of hydrogen-bond donors (Lipinski definition) is 2. The zero-order valence-corrected chi connectivity index (χ0v) is 15.3. The first-order valence-electron chi connectivity index (χ1n) is 8.80. The molecule has 138 valence electrons. The number of amides is 2. The SMILES string of the molecule is CC(CN(C)C(=O)NCCC(c1ccccc1)c1ccccc1)C(=O)O. The van der Waals surface area contributed by atoms with E-state index in [4.69, 9.17) is 5.11 Å². The summed E-state index contributed by atoms with van der Waals surface area (Å²) in [6, 6.07) is 20.2. The highest BCUT2D eigenvalue weighted by atomic mass is 16.4. The molecule has 0 radical (unpaired) electrons. The molecule has 1 atom stereocenters. The van der Waals surface area contributed by atoms with Crippen LogP contribution >= 0.6 is 0 Å². The van der Waals surface area contributed by atoms with Gasteiger partial charge < -0.3 is 15.3 Å². The number of nitrogens with zero attached hydrogens (tertiary/aromatic N) is 1. The lowest BCUT2D eigenvalue weighted by Crippen LogP contribution is -2.41. The lowest BCUT2D eigenvalue weighted by Gasteiger charge is -2.22. The number of carbonyl (C=O) groups excluding carboxylic acids is 1. The van der Waals surface area contributed by atoms with Crippen molar-refractivity contribution in [2.24, 2.45) is 5.92 Å². The van der Waals surface area contributed by atoms with E-state index in [1.807, 2.05) is 36.4 Å². The number of carbonyl (C=O) groups is 2. The summed E-state index contributed by atoms with van der Waals surface area (Å²) in [5.41, 5.74) is 2.42. The van der Waals surface area contributed by atoms with Crippen molar-refractivity contribution in [1.29, 1.82) is 0 Å². The van der Waals surface area contributed by atoms with Gasteiger partial charge in [-0.2, -0.15) is 0 Å². The second-order valence-electron chi connectivity index (χ2n) is 6.51. The van der Waals surface area contributed by atoms with Gasteiger partial charge in [-0.15, -0.1) is 0 Å². The van der Waals surface area contributed by atoms with Gasteiger partial charge in [-0.1, -0.05) is 67.6 Å². The molecular weight excluding hydrogens is 328 g/mol. The predicted molar refractivity (Wildman–Crippen MR) is 102 cm³/mol. The molecule has 0 aliphatic carbocycles. The van der Waals surface area contributed by atoms with E-state index in [1.54, 1.807) is 14.0 Å². The highest BCUT2D eigenvalue weighted by Gasteiger charge is 2.18. The Balaban J connectivity index is 1.96. The number of carboxylic acids is 1. The van der Waals surface area contributed by atoms with Gasteiger partial charge in [-0.05, 0) is 17.5 Å². The summed E-state index contributed by atoms with van der Waals surface area (Å²) in [5.74, 6) is -1.30. The summed E-state index contributed by atoms with van der Waals surface area (Å²) in [7, 11) is 1.61. The van der Waals surface area contributed by atoms with Gasteiger partial charge in [-0.3, -0.25) is 4.79 Å². The zero-order chi connectivity index (χ0) is 18.9. The van der Waals surface area contributed by atoms with Gasteiger partial charge in [-0.25, -0.2) is 4.79 Å². The second-order valence-corrected chi connectivity index (χ2v) is 6.51. The molecule has 2 aromatic carbocycles. The van der Waals surface area contributed by atoms with Crippen molar-refractivity contribution in [1.82, 2.24) is 10.2 Å². The highest BCUT2D eigenvalue weighted by molar-refractivity contribution is 5.75. The van der Waals surface area contributed by atoms with Crippen molar-refractivity contribution in [3.05, 3.63) is 71.8 Å². The minimum Gasteiger partial charge on any atom is -0.481 e. The van der Waals surface area contributed by atoms with Gasteiger partial charge in [0.2, 0.25) is 0 Å². The summed E-state index contributed by atoms with van der Waals surface area (Å²) in [4.78, 5) is 24.5. The fraction of sp³-hybridized carbons (Fsp3) is 0.333. The Kier molecular flexibility index (Phi) is 7.21. The molecule has 0 heterocycles. The molecule has 0 bridgehead atoms. The average molecular weight is 354 g/mol. The van der Waals surface area contributed by atoms with Gasteiger partial charge in [0, 0.05) is 26.1 Å². The molecule has 0 spiro atoms. The van der Waals surface area contributed by atoms with Gasteiger partial charge in [0.25, 0.3) is 0 Å². The maximum absolute atomic E-state index is 12.2. The van der Waals surface area contributed by atoms with Crippen molar-refractivity contribution in [2.45, 2.75) is 19.3 Å². The van der Waals surface area contributed by atoms with Crippen LogP contribution < -0.4 is 5.32 Å². The lowest BCUT2D eigenvalue weighted by molar-refractivity contribution is -0.141. The summed E-state index contributed by atoms with van der Waals surface area (Å²) in [6.45, 7) is 2.29. The smallest absolute Gasteiger partial charge is 0.317 e. The quantitative estimate of drug-likeness (QED) is 0.761. The summed E-state index contributed by atoms with van der Waals surface area (Å²) < 4.78 is 0. The van der Waals surface area contributed by atoms with E-state index in [-0.39, 0.29) is 18.5 Å². The molecule has 2 rings (SSSR count). The van der Waals surface area contributed by atoms with Crippen LogP contribution in [0.5, 0.6) is 0 Å². The fourth-order valence-corrected chi connectivity index (χ4v) is 2.93. The third-order valence-electron chi connectivity index (χ3n) is 4.43. The van der Waals surface area contributed by atoms with E-state index in [2.05, 4.69) is 29.6 Å². The first-order valence-corrected chi connectivity index (χ1v) is 8.80. The standard InChI is InChI=1S/C21H26N2O3/c1-16(20(24)25)15-23(2)21(26)22-14-13-19(17-9-5-3-6-10-17)18-11-7-4-8-12-18/h3-12,16,19H,13-15H2,1-2H3,(H,22,26)(H,24,25). The van der Waals surface area contributed by atoms with Crippen LogP contribution in [0.2, 0.25) is 0 Å². The van der Waals surface area contributed by atoms with E-state index >= 15 is 0 Å². The summed E-state index contributed by atoms with van der Waals surface area (Å²) >= 11 is 0. The number of rotatable bonds is 8. The van der Waals surface area contributed by atoms with Crippen LogP contribution in [0, 0.1) is 5.92 Å². The largest absolute Gasteiger partial charge is 0.481 e. The minimum atomic E-state index is -0.905. The van der Waals surface area contributed by atoms with E-state index in [1.165, 1.54) is 16.0 Å². The maximum atomic E-state index is 12.2. The molecule has 0 fully saturated rings. The average Bonchev–Trinajstić information content (AvgIpc) is 2.66. The number of aliphatic carboxylic acids is 1. The molecular formula is C21H26N2O3. The number of carboxylic acid groups (broad SMARTS) is 1. The first kappa shape index (κ1) is 19.5. The molecule has 5 heteroatoms. The van der Waals surface area contributed by atoms with Crippen LogP contribution in [0.15, 0.2) is 60.7 Å². The van der Waals surface area contributed by atoms with Crippen molar-refractivity contribution >= 4 is 12.0 Å². The maximum Gasteiger partial charge on any atom is 0.317 e. The normalized spacial score (nSPS) is 11.8.